The van der Waals surface area contributed by atoms with Crippen molar-refractivity contribution in [3.05, 3.63) is 53.1 Å². The van der Waals surface area contributed by atoms with E-state index in [1.807, 2.05) is 30.3 Å². The first-order valence-electron chi connectivity index (χ1n) is 7.06. The summed E-state index contributed by atoms with van der Waals surface area (Å²) in [5.74, 6) is 0.961. The van der Waals surface area contributed by atoms with Gasteiger partial charge in [-0.3, -0.25) is 0 Å². The third-order valence-corrected chi connectivity index (χ3v) is 3.56. The summed E-state index contributed by atoms with van der Waals surface area (Å²) in [5.41, 5.74) is 1.99. The lowest BCUT2D eigenvalue weighted by Crippen LogP contribution is -2.09. The molecule has 2 aromatic rings. The van der Waals surface area contributed by atoms with Gasteiger partial charge in [0.15, 0.2) is 0 Å². The van der Waals surface area contributed by atoms with E-state index >= 15 is 0 Å². The summed E-state index contributed by atoms with van der Waals surface area (Å²) in [5, 5.41) is 13.1. The molecule has 0 aliphatic rings. The number of rotatable bonds is 6. The summed E-state index contributed by atoms with van der Waals surface area (Å²) < 4.78 is 5.80. The van der Waals surface area contributed by atoms with Crippen LogP contribution in [0.15, 0.2) is 42.5 Å². The minimum Gasteiger partial charge on any atom is -0.506 e. The normalized spacial score (nSPS) is 12.0. The fraction of sp³-hybridized carbons (Fsp3) is 0.294. The van der Waals surface area contributed by atoms with E-state index in [2.05, 4.69) is 19.2 Å². The van der Waals surface area contributed by atoms with Crippen molar-refractivity contribution in [2.75, 3.05) is 5.32 Å². The van der Waals surface area contributed by atoms with Crippen LogP contribution in [0.3, 0.4) is 0 Å². The minimum absolute atomic E-state index is 0.101. The molecule has 0 bridgehead atoms. The first kappa shape index (κ1) is 15.5. The number of hydrogen-bond donors (Lipinski definition) is 2. The van der Waals surface area contributed by atoms with Crippen molar-refractivity contribution in [3.8, 4) is 11.5 Å². The highest BCUT2D eigenvalue weighted by Crippen LogP contribution is 2.24. The van der Waals surface area contributed by atoms with Crippen LogP contribution in [0, 0.1) is 0 Å². The van der Waals surface area contributed by atoms with Crippen LogP contribution in [-0.2, 0) is 6.54 Å². The van der Waals surface area contributed by atoms with Crippen LogP contribution in [-0.4, -0.2) is 11.2 Å². The second-order valence-corrected chi connectivity index (χ2v) is 5.41. The van der Waals surface area contributed by atoms with E-state index in [9.17, 15) is 5.11 Å². The van der Waals surface area contributed by atoms with Crippen molar-refractivity contribution >= 4 is 17.3 Å². The Kier molecular flexibility index (Phi) is 5.34. The molecule has 2 aromatic carbocycles. The van der Waals surface area contributed by atoms with Crippen LogP contribution >= 0.6 is 11.6 Å². The quantitative estimate of drug-likeness (QED) is 0.802. The molecule has 2 rings (SSSR count). The number of phenols is 1. The van der Waals surface area contributed by atoms with Gasteiger partial charge < -0.3 is 15.2 Å². The van der Waals surface area contributed by atoms with Gasteiger partial charge in [-0.2, -0.15) is 0 Å². The highest BCUT2D eigenvalue weighted by molar-refractivity contribution is 6.32. The van der Waals surface area contributed by atoms with Gasteiger partial charge in [0.05, 0.1) is 11.1 Å². The number of halogens is 1. The van der Waals surface area contributed by atoms with Crippen molar-refractivity contribution in [3.63, 3.8) is 0 Å². The molecule has 0 aliphatic heterocycles. The maximum atomic E-state index is 9.40. The van der Waals surface area contributed by atoms with Gasteiger partial charge in [0.2, 0.25) is 0 Å². The first-order chi connectivity index (χ1) is 10.1. The van der Waals surface area contributed by atoms with E-state index in [4.69, 9.17) is 16.3 Å². The van der Waals surface area contributed by atoms with E-state index in [-0.39, 0.29) is 11.9 Å². The van der Waals surface area contributed by atoms with Crippen LogP contribution in [0.25, 0.3) is 0 Å². The number of nitrogens with one attached hydrogen (secondary N) is 1. The molecule has 1 atom stereocenters. The van der Waals surface area contributed by atoms with Crippen LogP contribution in [0.4, 0.5) is 5.69 Å². The van der Waals surface area contributed by atoms with E-state index in [0.717, 1.165) is 23.4 Å². The molecular formula is C17H20ClNO2. The number of phenolic OH excluding ortho intramolecular Hbond substituents is 1. The third kappa shape index (κ3) is 4.57. The molecule has 2 N–H and O–H groups in total. The molecule has 3 nitrogen and oxygen atoms in total. The summed E-state index contributed by atoms with van der Waals surface area (Å²) >= 11 is 5.90. The van der Waals surface area contributed by atoms with Crippen molar-refractivity contribution in [1.82, 2.24) is 0 Å². The molecule has 1 unspecified atom stereocenters. The predicted molar refractivity (Wildman–Crippen MR) is 87.3 cm³/mol. The monoisotopic (exact) mass is 305 g/mol. The lowest BCUT2D eigenvalue weighted by Gasteiger charge is -2.14. The van der Waals surface area contributed by atoms with Crippen molar-refractivity contribution in [2.24, 2.45) is 0 Å². The van der Waals surface area contributed by atoms with Crippen molar-refractivity contribution in [2.45, 2.75) is 32.9 Å². The molecule has 0 saturated heterocycles. The van der Waals surface area contributed by atoms with Crippen LogP contribution in [0.5, 0.6) is 11.5 Å². The summed E-state index contributed by atoms with van der Waals surface area (Å²) in [4.78, 5) is 0. The van der Waals surface area contributed by atoms with E-state index < -0.39 is 0 Å². The maximum Gasteiger partial charge on any atom is 0.134 e. The Hall–Kier alpha value is -1.87. The Labute approximate surface area is 130 Å². The summed E-state index contributed by atoms with van der Waals surface area (Å²) in [7, 11) is 0. The van der Waals surface area contributed by atoms with Crippen LogP contribution in [0.1, 0.15) is 25.8 Å². The Bertz CT molecular complexity index is 601. The van der Waals surface area contributed by atoms with Gasteiger partial charge in [-0.05, 0) is 43.2 Å². The Balaban J connectivity index is 1.99. The lowest BCUT2D eigenvalue weighted by atomic mass is 10.2. The average Bonchev–Trinajstić information content (AvgIpc) is 2.49. The number of hydrogen-bond acceptors (Lipinski definition) is 3. The molecule has 0 fully saturated rings. The Morgan fingerprint density at radius 3 is 2.76 bits per heavy atom. The summed E-state index contributed by atoms with van der Waals surface area (Å²) in [6.45, 7) is 4.78. The molecule has 0 aromatic heterocycles. The highest BCUT2D eigenvalue weighted by Gasteiger charge is 2.03. The molecule has 4 heteroatoms. The second kappa shape index (κ2) is 7.23. The van der Waals surface area contributed by atoms with Gasteiger partial charge in [-0.1, -0.05) is 30.7 Å². The minimum atomic E-state index is 0.101. The fourth-order valence-corrected chi connectivity index (χ4v) is 2.06. The molecule has 0 heterocycles. The van der Waals surface area contributed by atoms with Crippen LogP contribution in [0.2, 0.25) is 5.02 Å². The van der Waals surface area contributed by atoms with Crippen LogP contribution < -0.4 is 10.1 Å². The largest absolute Gasteiger partial charge is 0.506 e. The van der Waals surface area contributed by atoms with Gasteiger partial charge in [0.1, 0.15) is 11.5 Å². The van der Waals surface area contributed by atoms with Crippen molar-refractivity contribution < 1.29 is 9.84 Å². The summed E-state index contributed by atoms with van der Waals surface area (Å²) in [6.07, 6.45) is 1.18. The number of aromatic hydroxyl groups is 1. The number of benzene rings is 2. The SMILES string of the molecule is CCC(C)Oc1cccc(NCc2ccc(O)c(Cl)c2)c1. The molecule has 21 heavy (non-hydrogen) atoms. The smallest absolute Gasteiger partial charge is 0.134 e. The lowest BCUT2D eigenvalue weighted by molar-refractivity contribution is 0.217. The Morgan fingerprint density at radius 1 is 1.24 bits per heavy atom. The van der Waals surface area contributed by atoms with Crippen molar-refractivity contribution in [1.29, 1.82) is 0 Å². The third-order valence-electron chi connectivity index (χ3n) is 3.25. The van der Waals surface area contributed by atoms with E-state index in [1.54, 1.807) is 12.1 Å². The molecular weight excluding hydrogens is 286 g/mol. The van der Waals surface area contributed by atoms with Gasteiger partial charge in [-0.25, -0.2) is 0 Å². The molecule has 112 valence electrons. The topological polar surface area (TPSA) is 41.5 Å². The zero-order valence-electron chi connectivity index (χ0n) is 12.3. The fourth-order valence-electron chi connectivity index (χ4n) is 1.86. The number of anilines is 1. The highest BCUT2D eigenvalue weighted by atomic mass is 35.5. The first-order valence-corrected chi connectivity index (χ1v) is 7.44. The van der Waals surface area contributed by atoms with Gasteiger partial charge in [0.25, 0.3) is 0 Å². The summed E-state index contributed by atoms with van der Waals surface area (Å²) in [6, 6.07) is 13.1. The molecule has 0 spiro atoms. The zero-order valence-corrected chi connectivity index (χ0v) is 13.0. The number of ether oxygens (including phenoxy) is 1. The second-order valence-electron chi connectivity index (χ2n) is 5.00. The Morgan fingerprint density at radius 2 is 2.05 bits per heavy atom. The van der Waals surface area contributed by atoms with Gasteiger partial charge in [-0.15, -0.1) is 0 Å². The average molecular weight is 306 g/mol. The van der Waals surface area contributed by atoms with E-state index in [1.165, 1.54) is 0 Å². The van der Waals surface area contributed by atoms with Gasteiger partial charge >= 0.3 is 0 Å². The van der Waals surface area contributed by atoms with Gasteiger partial charge in [0, 0.05) is 18.3 Å². The molecule has 0 amide bonds. The molecule has 0 radical (unpaired) electrons. The zero-order chi connectivity index (χ0) is 15.2. The standard InChI is InChI=1S/C17H20ClNO2/c1-3-12(2)21-15-6-4-5-14(10-15)19-11-13-7-8-17(20)16(18)9-13/h4-10,12,19-20H,3,11H2,1-2H3. The molecule has 0 saturated carbocycles. The molecule has 0 aliphatic carbocycles. The maximum absolute atomic E-state index is 9.40. The predicted octanol–water partition coefficient (Wildman–Crippen LogP) is 4.84. The van der Waals surface area contributed by atoms with E-state index in [0.29, 0.717) is 11.6 Å².